The van der Waals surface area contributed by atoms with Gasteiger partial charge in [0.05, 0.1) is 0 Å². The molecule has 1 aliphatic rings. The van der Waals surface area contributed by atoms with Gasteiger partial charge < -0.3 is 0 Å². The van der Waals surface area contributed by atoms with Gasteiger partial charge in [0.15, 0.2) is 0 Å². The third-order valence-corrected chi connectivity index (χ3v) is 4.07. The van der Waals surface area contributed by atoms with E-state index in [0.29, 0.717) is 0 Å². The Morgan fingerprint density at radius 1 is 1.55 bits per heavy atom. The Hall–Kier alpha value is 0.532. The maximum Gasteiger partial charge on any atom is 0 e. The molecular formula is C14H21N4WY-. The number of anilines is 1. The van der Waals surface area contributed by atoms with Crippen molar-refractivity contribution in [3.63, 3.8) is 0 Å². The summed E-state index contributed by atoms with van der Waals surface area (Å²) in [5.74, 6) is 1.73. The van der Waals surface area contributed by atoms with Gasteiger partial charge in [0.2, 0.25) is 0 Å². The topological polar surface area (TPSA) is 40.2 Å². The van der Waals surface area contributed by atoms with E-state index in [1.807, 2.05) is 18.2 Å². The molecule has 0 bridgehead atoms. The van der Waals surface area contributed by atoms with Crippen molar-refractivity contribution in [1.82, 2.24) is 15.2 Å². The van der Waals surface area contributed by atoms with Crippen LogP contribution >= 0.6 is 0 Å². The molecule has 0 spiro atoms. The van der Waals surface area contributed by atoms with Crippen LogP contribution in [0.1, 0.15) is 19.8 Å². The Bertz CT molecular complexity index is 401. The number of aromatic nitrogens is 1. The van der Waals surface area contributed by atoms with E-state index in [2.05, 4.69) is 34.0 Å². The van der Waals surface area contributed by atoms with E-state index in [-0.39, 0.29) is 32.7 Å². The number of piperidine rings is 1. The van der Waals surface area contributed by atoms with Crippen LogP contribution in [0.4, 0.5) is 5.82 Å². The first-order valence-electron chi connectivity index (χ1n) is 6.77. The minimum Gasteiger partial charge on any atom is 0 e. The molecule has 2 rings (SSSR count). The molecule has 2 heterocycles. The molecule has 1 aromatic rings. The fourth-order valence-corrected chi connectivity index (χ4v) is 2.94. The van der Waals surface area contributed by atoms with Crippen molar-refractivity contribution in [2.75, 3.05) is 25.0 Å². The molecule has 0 saturated carbocycles. The largest absolute Gasteiger partial charge is 0 e. The quantitative estimate of drug-likeness (QED) is 0.563. The van der Waals surface area contributed by atoms with Crippen LogP contribution in [0.25, 0.3) is 0 Å². The van der Waals surface area contributed by atoms with Crippen LogP contribution in [0.15, 0.2) is 24.4 Å². The predicted molar refractivity (Wildman–Crippen MR) is 75.1 cm³/mol. The van der Waals surface area contributed by atoms with Gasteiger partial charge in [-0.25, -0.2) is 0 Å². The van der Waals surface area contributed by atoms with E-state index in [9.17, 15) is 0 Å². The summed E-state index contributed by atoms with van der Waals surface area (Å²) in [4.78, 5) is 6.69. The predicted octanol–water partition coefficient (Wildman–Crippen LogP) is 1.61. The number of nitrogens with one attached hydrogen (secondary N) is 2. The minimum absolute atomic E-state index is 0. The van der Waals surface area contributed by atoms with Crippen molar-refractivity contribution in [3.8, 4) is 0 Å². The fraction of sp³-hybridized carbons (Fsp3) is 0.500. The van der Waals surface area contributed by atoms with E-state index in [0.717, 1.165) is 29.0 Å². The third kappa shape index (κ3) is 7.00. The number of nitrogens with zero attached hydrogens (tertiary/aromatic N) is 2. The van der Waals surface area contributed by atoms with E-state index in [1.54, 1.807) is 6.20 Å². The Balaban J connectivity index is 0.00000200. The number of pyridine rings is 1. The molecule has 1 atom stereocenters. The zero-order chi connectivity index (χ0) is 13.5. The molecule has 1 aromatic heterocycles. The van der Waals surface area contributed by atoms with Crippen LogP contribution < -0.4 is 10.6 Å². The van der Waals surface area contributed by atoms with Crippen LogP contribution in [-0.4, -0.2) is 33.7 Å². The van der Waals surface area contributed by atoms with E-state index < -0.39 is 0 Å². The average molecular weight is 518 g/mol. The summed E-state index contributed by atoms with van der Waals surface area (Å²) in [6.45, 7) is 7.92. The van der Waals surface area contributed by atoms with Gasteiger partial charge >= 0.3 is 126 Å². The van der Waals surface area contributed by atoms with Gasteiger partial charge in [0, 0.05) is 32.7 Å². The van der Waals surface area contributed by atoms with Crippen LogP contribution in [-0.2, 0) is 52.1 Å². The number of likely N-dealkylation sites (tertiary alicyclic amines) is 1. The number of hydrogen-bond donors (Lipinski definition) is 2. The molecule has 0 amide bonds. The number of rotatable bonds is 6. The molecule has 0 aliphatic carbocycles. The van der Waals surface area contributed by atoms with Crippen molar-refractivity contribution in [1.29, 1.82) is 0 Å². The molecule has 4 nitrogen and oxygen atoms in total. The van der Waals surface area contributed by atoms with E-state index in [4.69, 9.17) is 0 Å². The van der Waals surface area contributed by atoms with Crippen LogP contribution in [0.3, 0.4) is 0 Å². The van der Waals surface area contributed by atoms with Gasteiger partial charge in [0.25, 0.3) is 0 Å². The Kier molecular flexibility index (Phi) is 9.56. The van der Waals surface area contributed by atoms with Crippen molar-refractivity contribution in [2.24, 2.45) is 5.92 Å². The van der Waals surface area contributed by atoms with Crippen molar-refractivity contribution < 1.29 is 52.1 Å². The summed E-state index contributed by atoms with van der Waals surface area (Å²) >= 11 is 1.40. The monoisotopic (exact) mass is 518 g/mol. The molecule has 6 heteroatoms. The summed E-state index contributed by atoms with van der Waals surface area (Å²) in [5, 5.41) is 6.73. The molecule has 1 aliphatic heterocycles. The van der Waals surface area contributed by atoms with Crippen molar-refractivity contribution >= 4 is 9.96 Å². The normalized spacial score (nSPS) is 19.1. The van der Waals surface area contributed by atoms with E-state index >= 15 is 0 Å². The molecule has 1 saturated heterocycles. The van der Waals surface area contributed by atoms with E-state index in [1.165, 1.54) is 38.7 Å². The van der Waals surface area contributed by atoms with Gasteiger partial charge in [0.1, 0.15) is 0 Å². The second-order valence-electron chi connectivity index (χ2n) is 4.96. The Labute approximate surface area is 157 Å². The fourth-order valence-electron chi connectivity index (χ4n) is 2.20. The molecule has 20 heavy (non-hydrogen) atoms. The average Bonchev–Trinajstić information content (AvgIpc) is 2.40. The molecule has 1 radical (unpaired) electrons. The standard InChI is InChI=1S/C14H21N4.W.Y/c1-13-5-4-9-18(11-13)10-8-15-12-17-14-6-2-3-7-16-14;;/h2-3,6-7,9,13,15H,4-5,8,10-11H2,1H3,(H,16,17);;/q-1;;. The molecule has 1 unspecified atom stereocenters. The second kappa shape index (κ2) is 10.3. The zero-order valence-electron chi connectivity index (χ0n) is 11.9. The van der Waals surface area contributed by atoms with Crippen LogP contribution in [0, 0.1) is 12.5 Å². The summed E-state index contributed by atoms with van der Waals surface area (Å²) < 4.78 is 1.13. The Morgan fingerprint density at radius 3 is 3.10 bits per heavy atom. The molecule has 0 aromatic carbocycles. The van der Waals surface area contributed by atoms with Gasteiger partial charge in [-0.1, -0.05) is 0 Å². The molecule has 2 N–H and O–H groups in total. The summed E-state index contributed by atoms with van der Waals surface area (Å²) in [5.41, 5.74) is 0. The summed E-state index contributed by atoms with van der Waals surface area (Å²) in [6, 6.07) is 5.89. The molecule has 107 valence electrons. The van der Waals surface area contributed by atoms with Gasteiger partial charge in [-0.2, -0.15) is 0 Å². The van der Waals surface area contributed by atoms with Crippen molar-refractivity contribution in [2.45, 2.75) is 19.8 Å². The first-order valence-corrected chi connectivity index (χ1v) is 8.24. The van der Waals surface area contributed by atoms with Gasteiger partial charge in [-0.05, 0) is 0 Å². The van der Waals surface area contributed by atoms with Gasteiger partial charge in [-0.3, -0.25) is 0 Å². The minimum atomic E-state index is 0. The zero-order valence-corrected chi connectivity index (χ0v) is 17.7. The second-order valence-corrected chi connectivity index (χ2v) is 6.42. The first kappa shape index (κ1) is 18.6. The maximum atomic E-state index is 4.25. The third-order valence-electron chi connectivity index (χ3n) is 3.18. The number of hydrogen-bond acceptors (Lipinski definition) is 4. The smallest absolute Gasteiger partial charge is 0 e. The maximum absolute atomic E-state index is 4.25. The van der Waals surface area contributed by atoms with Crippen LogP contribution in [0.2, 0.25) is 0 Å². The van der Waals surface area contributed by atoms with Crippen molar-refractivity contribution in [3.05, 3.63) is 30.9 Å². The molecular weight excluding hydrogens is 497 g/mol. The summed E-state index contributed by atoms with van der Waals surface area (Å²) in [7, 11) is 0. The SMILES string of the molecule is CC1CC[CH-]N(CCN[C](=[W])Nc2ccccn2)C1.[Y]. The molecule has 1 fully saturated rings. The van der Waals surface area contributed by atoms with Gasteiger partial charge in [-0.15, -0.1) is 0 Å². The summed E-state index contributed by atoms with van der Waals surface area (Å²) in [6.07, 6.45) is 4.36. The first-order chi connectivity index (χ1) is 9.24. The Morgan fingerprint density at radius 2 is 2.40 bits per heavy atom. The van der Waals surface area contributed by atoms with Crippen LogP contribution in [0.5, 0.6) is 0 Å².